The highest BCUT2D eigenvalue weighted by Gasteiger charge is 2.39. The highest BCUT2D eigenvalue weighted by molar-refractivity contribution is 9.10. The van der Waals surface area contributed by atoms with Crippen LogP contribution in [0.5, 0.6) is 0 Å². The lowest BCUT2D eigenvalue weighted by Gasteiger charge is -2.15. The third-order valence-corrected chi connectivity index (χ3v) is 5.47. The molecule has 0 unspecified atom stereocenters. The fourth-order valence-corrected chi connectivity index (χ4v) is 3.96. The minimum atomic E-state index is -0.348. The zero-order valence-electron chi connectivity index (χ0n) is 16.6. The fraction of sp³-hybridized carbons (Fsp3) is 0.125. The number of benzene rings is 2. The summed E-state index contributed by atoms with van der Waals surface area (Å²) in [7, 11) is 0. The van der Waals surface area contributed by atoms with E-state index in [9.17, 15) is 9.59 Å². The third kappa shape index (κ3) is 3.91. The third-order valence-electron chi connectivity index (χ3n) is 4.98. The Morgan fingerprint density at radius 3 is 2.53 bits per heavy atom. The molecular formula is C24H20BrN3O2. The summed E-state index contributed by atoms with van der Waals surface area (Å²) in [6.07, 6.45) is 3.33. The normalized spacial score (nSPS) is 13.9. The van der Waals surface area contributed by atoms with Gasteiger partial charge in [0.05, 0.1) is 12.1 Å². The molecule has 0 aliphatic carbocycles. The summed E-state index contributed by atoms with van der Waals surface area (Å²) in [4.78, 5) is 32.1. The summed E-state index contributed by atoms with van der Waals surface area (Å²) in [5.74, 6) is -0.660. The maximum atomic E-state index is 13.4. The quantitative estimate of drug-likeness (QED) is 0.551. The first-order valence-electron chi connectivity index (χ1n) is 9.53. The molecule has 1 N–H and O–H groups in total. The largest absolute Gasteiger partial charge is 0.350 e. The highest BCUT2D eigenvalue weighted by Crippen LogP contribution is 2.33. The van der Waals surface area contributed by atoms with Crippen LogP contribution in [0.4, 0.5) is 5.69 Å². The lowest BCUT2D eigenvalue weighted by molar-refractivity contribution is -0.137. The summed E-state index contributed by atoms with van der Waals surface area (Å²) in [5, 5.41) is 3.19. The Bertz CT molecular complexity index is 1170. The van der Waals surface area contributed by atoms with Gasteiger partial charge in [0.15, 0.2) is 0 Å². The molecule has 1 aliphatic heterocycles. The summed E-state index contributed by atoms with van der Waals surface area (Å²) < 4.78 is 0.880. The minimum absolute atomic E-state index is 0.170. The van der Waals surface area contributed by atoms with Crippen molar-refractivity contribution < 1.29 is 9.59 Å². The molecular weight excluding hydrogens is 442 g/mol. The van der Waals surface area contributed by atoms with Crippen LogP contribution in [0.1, 0.15) is 22.3 Å². The summed E-state index contributed by atoms with van der Waals surface area (Å²) in [6.45, 7) is 4.12. The first-order chi connectivity index (χ1) is 14.4. The number of imide groups is 1. The zero-order valence-corrected chi connectivity index (χ0v) is 18.2. The summed E-state index contributed by atoms with van der Waals surface area (Å²) >= 11 is 3.45. The van der Waals surface area contributed by atoms with Crippen molar-refractivity contribution in [3.05, 3.63) is 99.4 Å². The first kappa shape index (κ1) is 20.0. The second-order valence-electron chi connectivity index (χ2n) is 7.26. The van der Waals surface area contributed by atoms with Crippen molar-refractivity contribution in [1.29, 1.82) is 0 Å². The molecule has 0 saturated heterocycles. The van der Waals surface area contributed by atoms with Gasteiger partial charge in [0.1, 0.15) is 5.70 Å². The van der Waals surface area contributed by atoms with Crippen LogP contribution in [0.2, 0.25) is 0 Å². The Hall–Kier alpha value is -3.25. The number of nitrogens with one attached hydrogen (secondary N) is 1. The Morgan fingerprint density at radius 2 is 1.83 bits per heavy atom. The SMILES string of the molecule is Cc1ccc(C2=C(Nc3cccc(Br)c3)C(=O)N(Cc3cccnc3)C2=O)c(C)c1. The molecule has 0 bridgehead atoms. The van der Waals surface area contributed by atoms with E-state index in [2.05, 4.69) is 26.2 Å². The molecule has 3 aromatic rings. The van der Waals surface area contributed by atoms with Crippen LogP contribution in [-0.4, -0.2) is 21.7 Å². The standard InChI is InChI=1S/C24H20BrN3O2/c1-15-8-9-20(16(2)11-15)21-22(27-19-7-3-6-18(25)12-19)24(30)28(23(21)29)14-17-5-4-10-26-13-17/h3-13,27H,14H2,1-2H3. The van der Waals surface area contributed by atoms with Crippen LogP contribution >= 0.6 is 15.9 Å². The van der Waals surface area contributed by atoms with Gasteiger partial charge >= 0.3 is 0 Å². The maximum Gasteiger partial charge on any atom is 0.278 e. The van der Waals surface area contributed by atoms with Crippen LogP contribution in [0, 0.1) is 13.8 Å². The van der Waals surface area contributed by atoms with Crippen molar-refractivity contribution in [3.63, 3.8) is 0 Å². The number of hydrogen-bond acceptors (Lipinski definition) is 4. The topological polar surface area (TPSA) is 62.3 Å². The average molecular weight is 462 g/mol. The van der Waals surface area contributed by atoms with Gasteiger partial charge in [-0.25, -0.2) is 0 Å². The molecule has 0 atom stereocenters. The van der Waals surface area contributed by atoms with E-state index in [4.69, 9.17) is 0 Å². The fourth-order valence-electron chi connectivity index (χ4n) is 3.56. The predicted octanol–water partition coefficient (Wildman–Crippen LogP) is 4.85. The van der Waals surface area contributed by atoms with Crippen LogP contribution < -0.4 is 5.32 Å². The number of hydrogen-bond donors (Lipinski definition) is 1. The monoisotopic (exact) mass is 461 g/mol. The lowest BCUT2D eigenvalue weighted by Crippen LogP contribution is -2.32. The molecule has 0 fully saturated rings. The number of aromatic nitrogens is 1. The molecule has 2 aromatic carbocycles. The second-order valence-corrected chi connectivity index (χ2v) is 8.18. The molecule has 30 heavy (non-hydrogen) atoms. The molecule has 0 spiro atoms. The number of anilines is 1. The van der Waals surface area contributed by atoms with Crippen molar-refractivity contribution in [3.8, 4) is 0 Å². The van der Waals surface area contributed by atoms with Crippen LogP contribution in [0.15, 0.2) is 77.2 Å². The number of halogens is 1. The van der Waals surface area contributed by atoms with Gasteiger partial charge in [-0.2, -0.15) is 0 Å². The molecule has 0 radical (unpaired) electrons. The van der Waals surface area contributed by atoms with Crippen molar-refractivity contribution in [2.75, 3.05) is 5.32 Å². The van der Waals surface area contributed by atoms with E-state index in [-0.39, 0.29) is 24.1 Å². The van der Waals surface area contributed by atoms with Gasteiger partial charge in [0.25, 0.3) is 11.8 Å². The van der Waals surface area contributed by atoms with Crippen molar-refractivity contribution >= 4 is 39.0 Å². The summed E-state index contributed by atoms with van der Waals surface area (Å²) in [5.41, 5.74) is 5.00. The Morgan fingerprint density at radius 1 is 1.00 bits per heavy atom. The van der Waals surface area contributed by atoms with Crippen LogP contribution in [0.25, 0.3) is 5.57 Å². The average Bonchev–Trinajstić information content (AvgIpc) is 2.93. The number of aryl methyl sites for hydroxylation is 2. The number of rotatable bonds is 5. The summed E-state index contributed by atoms with van der Waals surface area (Å²) in [6, 6.07) is 17.0. The van der Waals surface area contributed by atoms with Crippen molar-refractivity contribution in [2.45, 2.75) is 20.4 Å². The number of nitrogens with zero attached hydrogens (tertiary/aromatic N) is 2. The molecule has 0 saturated carbocycles. The number of carbonyl (C=O) groups is 2. The molecule has 6 heteroatoms. The van der Waals surface area contributed by atoms with Gasteiger partial charge in [0.2, 0.25) is 0 Å². The minimum Gasteiger partial charge on any atom is -0.350 e. The smallest absolute Gasteiger partial charge is 0.278 e. The lowest BCUT2D eigenvalue weighted by atomic mass is 9.97. The van der Waals surface area contributed by atoms with Gasteiger partial charge < -0.3 is 5.32 Å². The van der Waals surface area contributed by atoms with Crippen molar-refractivity contribution in [1.82, 2.24) is 9.88 Å². The Balaban J connectivity index is 1.79. The molecule has 2 heterocycles. The molecule has 2 amide bonds. The molecule has 1 aromatic heterocycles. The number of amides is 2. The van der Waals surface area contributed by atoms with E-state index in [0.29, 0.717) is 5.57 Å². The van der Waals surface area contributed by atoms with E-state index >= 15 is 0 Å². The highest BCUT2D eigenvalue weighted by atomic mass is 79.9. The van der Waals surface area contributed by atoms with E-state index in [1.807, 2.05) is 62.4 Å². The predicted molar refractivity (Wildman–Crippen MR) is 120 cm³/mol. The molecule has 5 nitrogen and oxygen atoms in total. The van der Waals surface area contributed by atoms with Gasteiger partial charge in [0, 0.05) is 22.6 Å². The molecule has 1 aliphatic rings. The van der Waals surface area contributed by atoms with Crippen LogP contribution in [0.3, 0.4) is 0 Å². The van der Waals surface area contributed by atoms with Gasteiger partial charge in [-0.15, -0.1) is 0 Å². The number of pyridine rings is 1. The maximum absolute atomic E-state index is 13.4. The van der Waals surface area contributed by atoms with E-state index in [1.165, 1.54) is 4.90 Å². The van der Waals surface area contributed by atoms with E-state index in [0.717, 1.165) is 32.4 Å². The van der Waals surface area contributed by atoms with Gasteiger partial charge in [-0.05, 0) is 54.8 Å². The van der Waals surface area contributed by atoms with Gasteiger partial charge in [-0.3, -0.25) is 19.5 Å². The molecule has 150 valence electrons. The Labute approximate surface area is 183 Å². The van der Waals surface area contributed by atoms with Gasteiger partial charge in [-0.1, -0.05) is 51.8 Å². The number of carbonyl (C=O) groups excluding carboxylic acids is 2. The van der Waals surface area contributed by atoms with Crippen LogP contribution in [-0.2, 0) is 16.1 Å². The van der Waals surface area contributed by atoms with E-state index in [1.54, 1.807) is 18.5 Å². The molecule has 4 rings (SSSR count). The first-order valence-corrected chi connectivity index (χ1v) is 10.3. The Kier molecular flexibility index (Phi) is 5.50. The van der Waals surface area contributed by atoms with Crippen molar-refractivity contribution in [2.24, 2.45) is 0 Å². The zero-order chi connectivity index (χ0) is 21.3. The van der Waals surface area contributed by atoms with E-state index < -0.39 is 0 Å². The second kappa shape index (κ2) is 8.24.